The quantitative estimate of drug-likeness (QED) is 0.408. The van der Waals surface area contributed by atoms with E-state index in [1.165, 1.54) is 17.5 Å². The Labute approximate surface area is 212 Å². The number of nitrogens with zero attached hydrogens (tertiary/aromatic N) is 1. The second-order valence-electron chi connectivity index (χ2n) is 8.50. The highest BCUT2D eigenvalue weighted by Crippen LogP contribution is 2.30. The average molecular weight is 507 g/mol. The third kappa shape index (κ3) is 6.53. The molecule has 1 N–H and O–H groups in total. The summed E-state index contributed by atoms with van der Waals surface area (Å²) >= 11 is 0. The van der Waals surface area contributed by atoms with Gasteiger partial charge >= 0.3 is 0 Å². The number of carbonyl (C=O) groups excluding carboxylic acids is 1. The molecule has 3 aromatic carbocycles. The minimum atomic E-state index is -3.68. The normalized spacial score (nSPS) is 14.5. The van der Waals surface area contributed by atoms with Crippen LogP contribution in [-0.4, -0.2) is 38.8 Å². The zero-order chi connectivity index (χ0) is 25.4. The maximum Gasteiger partial charge on any atom is 0.248 e. The lowest BCUT2D eigenvalue weighted by Crippen LogP contribution is -2.35. The number of rotatable bonds is 9. The van der Waals surface area contributed by atoms with Gasteiger partial charge in [-0.3, -0.25) is 4.79 Å². The highest BCUT2D eigenvalue weighted by molar-refractivity contribution is 7.89. The lowest BCUT2D eigenvalue weighted by molar-refractivity contribution is -0.111. The van der Waals surface area contributed by atoms with Crippen molar-refractivity contribution in [3.63, 3.8) is 0 Å². The number of anilines is 1. The Bertz CT molecular complexity index is 1300. The number of sulfonamides is 1. The number of carbonyl (C=O) groups is 1. The first kappa shape index (κ1) is 25.5. The molecule has 4 rings (SSSR count). The average Bonchev–Trinajstić information content (AvgIpc) is 2.92. The summed E-state index contributed by atoms with van der Waals surface area (Å²) in [6, 6.07) is 21.9. The van der Waals surface area contributed by atoms with Gasteiger partial charge in [0.1, 0.15) is 23.0 Å². The van der Waals surface area contributed by atoms with E-state index in [1.54, 1.807) is 48.5 Å². The molecule has 1 heterocycles. The van der Waals surface area contributed by atoms with Crippen LogP contribution in [0.15, 0.2) is 83.8 Å². The molecule has 0 spiro atoms. The fourth-order valence-electron chi connectivity index (χ4n) is 3.97. The minimum absolute atomic E-state index is 0.112. The van der Waals surface area contributed by atoms with Gasteiger partial charge in [-0.2, -0.15) is 4.31 Å². The van der Waals surface area contributed by atoms with E-state index in [4.69, 9.17) is 9.47 Å². The molecule has 7 nitrogen and oxygen atoms in total. The van der Waals surface area contributed by atoms with E-state index >= 15 is 0 Å². The molecule has 1 fully saturated rings. The molecule has 0 saturated carbocycles. The number of methoxy groups -OCH3 is 1. The third-order valence-electron chi connectivity index (χ3n) is 5.92. The van der Waals surface area contributed by atoms with E-state index in [2.05, 4.69) is 5.32 Å². The molecule has 0 radical (unpaired) electrons. The Morgan fingerprint density at radius 2 is 1.69 bits per heavy atom. The molecule has 0 aliphatic carbocycles. The van der Waals surface area contributed by atoms with Gasteiger partial charge in [0.15, 0.2) is 0 Å². The Balaban J connectivity index is 1.39. The second kappa shape index (κ2) is 11.9. The fourth-order valence-corrected chi connectivity index (χ4v) is 5.68. The first-order valence-electron chi connectivity index (χ1n) is 11.9. The zero-order valence-corrected chi connectivity index (χ0v) is 21.0. The summed E-state index contributed by atoms with van der Waals surface area (Å²) < 4.78 is 39.0. The van der Waals surface area contributed by atoms with Crippen LogP contribution in [0.1, 0.15) is 30.4 Å². The summed E-state index contributed by atoms with van der Waals surface area (Å²) in [6.07, 6.45) is 5.69. The Morgan fingerprint density at radius 3 is 2.39 bits per heavy atom. The molecule has 1 amide bonds. The number of ether oxygens (including phenoxy) is 2. The SMILES string of the molecule is COc1ccc(/C=C/C(=O)Nc2ccc(OCc3ccccc3)cc2)cc1S(=O)(=O)N1CCCCC1. The standard InChI is InChI=1S/C28H30N2O5S/c1-34-26-16-10-22(20-27(26)36(32,33)30-18-6-3-7-19-30)11-17-28(31)29-24-12-14-25(15-13-24)35-21-23-8-4-2-5-9-23/h2,4-5,8-17,20H,3,6-7,18-19,21H2,1H3,(H,29,31)/b17-11+. The summed E-state index contributed by atoms with van der Waals surface area (Å²) in [4.78, 5) is 12.6. The summed E-state index contributed by atoms with van der Waals surface area (Å²) in [5.74, 6) is 0.661. The van der Waals surface area contributed by atoms with Crippen molar-refractivity contribution in [2.45, 2.75) is 30.8 Å². The Hall–Kier alpha value is -3.62. The predicted octanol–water partition coefficient (Wildman–Crippen LogP) is 5.10. The van der Waals surface area contributed by atoms with Crippen LogP contribution in [0, 0.1) is 0 Å². The van der Waals surface area contributed by atoms with Crippen LogP contribution in [0.2, 0.25) is 0 Å². The maximum absolute atomic E-state index is 13.2. The van der Waals surface area contributed by atoms with E-state index in [9.17, 15) is 13.2 Å². The van der Waals surface area contributed by atoms with Gasteiger partial charge < -0.3 is 14.8 Å². The molecule has 36 heavy (non-hydrogen) atoms. The number of benzene rings is 3. The fraction of sp³-hybridized carbons (Fsp3) is 0.250. The number of piperidine rings is 1. The number of hydrogen-bond donors (Lipinski definition) is 1. The molecule has 0 aromatic heterocycles. The predicted molar refractivity (Wildman–Crippen MR) is 140 cm³/mol. The molecule has 188 valence electrons. The lowest BCUT2D eigenvalue weighted by atomic mass is 10.2. The monoisotopic (exact) mass is 506 g/mol. The highest BCUT2D eigenvalue weighted by Gasteiger charge is 2.29. The second-order valence-corrected chi connectivity index (χ2v) is 10.4. The van der Waals surface area contributed by atoms with E-state index < -0.39 is 10.0 Å². The van der Waals surface area contributed by atoms with Crippen molar-refractivity contribution < 1.29 is 22.7 Å². The van der Waals surface area contributed by atoms with Gasteiger partial charge in [0.2, 0.25) is 15.9 Å². The van der Waals surface area contributed by atoms with Gasteiger partial charge in [0.05, 0.1) is 7.11 Å². The summed E-state index contributed by atoms with van der Waals surface area (Å²) in [5.41, 5.74) is 2.29. The molecular formula is C28H30N2O5S. The van der Waals surface area contributed by atoms with Crippen LogP contribution in [-0.2, 0) is 21.4 Å². The van der Waals surface area contributed by atoms with Gasteiger partial charge in [-0.05, 0) is 66.4 Å². The van der Waals surface area contributed by atoms with E-state index in [0.29, 0.717) is 36.7 Å². The van der Waals surface area contributed by atoms with Crippen molar-refractivity contribution in [2.75, 3.05) is 25.5 Å². The minimum Gasteiger partial charge on any atom is -0.495 e. The zero-order valence-electron chi connectivity index (χ0n) is 20.2. The van der Waals surface area contributed by atoms with Gasteiger partial charge in [-0.15, -0.1) is 0 Å². The molecular weight excluding hydrogens is 476 g/mol. The van der Waals surface area contributed by atoms with Crippen molar-refractivity contribution >= 4 is 27.7 Å². The van der Waals surface area contributed by atoms with Crippen LogP contribution in [0.25, 0.3) is 6.08 Å². The van der Waals surface area contributed by atoms with Crippen LogP contribution in [0.4, 0.5) is 5.69 Å². The van der Waals surface area contributed by atoms with Gasteiger partial charge in [0.25, 0.3) is 0 Å². The van der Waals surface area contributed by atoms with Crippen LogP contribution in [0.5, 0.6) is 11.5 Å². The summed E-state index contributed by atoms with van der Waals surface area (Å²) in [5, 5.41) is 2.80. The van der Waals surface area contributed by atoms with Crippen molar-refractivity contribution in [3.05, 3.63) is 90.0 Å². The van der Waals surface area contributed by atoms with E-state index in [1.807, 2.05) is 30.3 Å². The van der Waals surface area contributed by atoms with Crippen molar-refractivity contribution in [1.82, 2.24) is 4.31 Å². The van der Waals surface area contributed by atoms with Crippen LogP contribution < -0.4 is 14.8 Å². The van der Waals surface area contributed by atoms with Gasteiger partial charge in [0, 0.05) is 24.9 Å². The molecule has 1 aliphatic heterocycles. The Morgan fingerprint density at radius 1 is 0.972 bits per heavy atom. The molecule has 0 bridgehead atoms. The van der Waals surface area contributed by atoms with Crippen molar-refractivity contribution in [2.24, 2.45) is 0 Å². The number of amides is 1. The largest absolute Gasteiger partial charge is 0.495 e. The summed E-state index contributed by atoms with van der Waals surface area (Å²) in [6.45, 7) is 1.47. The molecule has 1 saturated heterocycles. The first-order valence-corrected chi connectivity index (χ1v) is 13.3. The topological polar surface area (TPSA) is 84.9 Å². The van der Waals surface area contributed by atoms with Crippen molar-refractivity contribution in [3.8, 4) is 11.5 Å². The third-order valence-corrected chi connectivity index (χ3v) is 7.84. The molecule has 1 aliphatic rings. The maximum atomic E-state index is 13.2. The number of nitrogens with one attached hydrogen (secondary N) is 1. The van der Waals surface area contributed by atoms with Gasteiger partial charge in [-0.25, -0.2) is 8.42 Å². The van der Waals surface area contributed by atoms with Crippen LogP contribution >= 0.6 is 0 Å². The molecule has 3 aromatic rings. The molecule has 8 heteroatoms. The smallest absolute Gasteiger partial charge is 0.248 e. The van der Waals surface area contributed by atoms with Crippen molar-refractivity contribution in [1.29, 1.82) is 0 Å². The number of hydrogen-bond acceptors (Lipinski definition) is 5. The Kier molecular flexibility index (Phi) is 8.40. The van der Waals surface area contributed by atoms with E-state index in [0.717, 1.165) is 24.8 Å². The molecule has 0 unspecified atom stereocenters. The highest BCUT2D eigenvalue weighted by atomic mass is 32.2. The lowest BCUT2D eigenvalue weighted by Gasteiger charge is -2.26. The summed E-state index contributed by atoms with van der Waals surface area (Å²) in [7, 11) is -2.23. The van der Waals surface area contributed by atoms with Gasteiger partial charge in [-0.1, -0.05) is 42.8 Å². The van der Waals surface area contributed by atoms with E-state index in [-0.39, 0.29) is 16.6 Å². The van der Waals surface area contributed by atoms with Crippen LogP contribution in [0.3, 0.4) is 0 Å². The molecule has 0 atom stereocenters. The first-order chi connectivity index (χ1) is 17.5.